The number of pyridine rings is 1. The molecule has 7 nitrogen and oxygen atoms in total. The van der Waals surface area contributed by atoms with Gasteiger partial charge in [0.05, 0.1) is 31.5 Å². The zero-order valence-corrected chi connectivity index (χ0v) is 18.6. The second-order valence-electron chi connectivity index (χ2n) is 7.57. The summed E-state index contributed by atoms with van der Waals surface area (Å²) in [6.07, 6.45) is 3.89. The van der Waals surface area contributed by atoms with Crippen molar-refractivity contribution in [3.05, 3.63) is 89.3 Å². The third kappa shape index (κ3) is 4.05. The lowest BCUT2D eigenvalue weighted by atomic mass is 9.94. The molecule has 2 aromatic carbocycles. The van der Waals surface area contributed by atoms with E-state index in [0.29, 0.717) is 28.3 Å². The predicted molar refractivity (Wildman–Crippen MR) is 124 cm³/mol. The van der Waals surface area contributed by atoms with Crippen LogP contribution < -0.4 is 14.4 Å². The maximum Gasteiger partial charge on any atom is 0.300 e. The number of carbonyl (C=O) groups is 2. The second-order valence-corrected chi connectivity index (χ2v) is 7.57. The van der Waals surface area contributed by atoms with Crippen LogP contribution in [-0.2, 0) is 16.0 Å². The van der Waals surface area contributed by atoms with Crippen molar-refractivity contribution in [2.75, 3.05) is 19.1 Å². The van der Waals surface area contributed by atoms with Gasteiger partial charge < -0.3 is 14.6 Å². The molecule has 0 saturated carbocycles. The minimum Gasteiger partial charge on any atom is -0.507 e. The van der Waals surface area contributed by atoms with Gasteiger partial charge in [0.1, 0.15) is 17.3 Å². The summed E-state index contributed by atoms with van der Waals surface area (Å²) >= 11 is 0. The van der Waals surface area contributed by atoms with Crippen LogP contribution in [0.1, 0.15) is 29.7 Å². The van der Waals surface area contributed by atoms with Gasteiger partial charge in [-0.2, -0.15) is 0 Å². The van der Waals surface area contributed by atoms with Crippen molar-refractivity contribution in [2.45, 2.75) is 19.4 Å². The molecule has 0 radical (unpaired) electrons. The first-order chi connectivity index (χ1) is 16.0. The first kappa shape index (κ1) is 22.1. The second kappa shape index (κ2) is 9.16. The fourth-order valence-electron chi connectivity index (χ4n) is 3.95. The molecule has 33 heavy (non-hydrogen) atoms. The third-order valence-corrected chi connectivity index (χ3v) is 5.72. The molecule has 1 amide bonds. The van der Waals surface area contributed by atoms with Crippen LogP contribution >= 0.6 is 0 Å². The lowest BCUT2D eigenvalue weighted by molar-refractivity contribution is -0.132. The number of aromatic nitrogens is 1. The molecule has 2 heterocycles. The molecule has 168 valence electrons. The van der Waals surface area contributed by atoms with Gasteiger partial charge in [-0.1, -0.05) is 31.2 Å². The number of rotatable bonds is 6. The Morgan fingerprint density at radius 1 is 0.970 bits per heavy atom. The highest BCUT2D eigenvalue weighted by molar-refractivity contribution is 6.51. The first-order valence-corrected chi connectivity index (χ1v) is 10.5. The summed E-state index contributed by atoms with van der Waals surface area (Å²) in [5.41, 5.74) is 2.65. The van der Waals surface area contributed by atoms with Gasteiger partial charge in [0.2, 0.25) is 0 Å². The molecule has 0 spiro atoms. The van der Waals surface area contributed by atoms with Gasteiger partial charge in [-0.15, -0.1) is 0 Å². The molecular weight excluding hydrogens is 420 g/mol. The lowest BCUT2D eigenvalue weighted by Crippen LogP contribution is -2.29. The van der Waals surface area contributed by atoms with E-state index in [-0.39, 0.29) is 11.3 Å². The Morgan fingerprint density at radius 2 is 1.58 bits per heavy atom. The number of methoxy groups -OCH3 is 2. The van der Waals surface area contributed by atoms with E-state index in [2.05, 4.69) is 4.98 Å². The SMILES string of the molecule is CCc1ccc(C2/C(=C(\O)c3ccncc3)C(=O)C(=O)N2c2cc(OC)cc(OC)c2)cc1. The predicted octanol–water partition coefficient (Wildman–Crippen LogP) is 4.29. The Balaban J connectivity index is 1.95. The molecule has 1 unspecified atom stereocenters. The molecule has 1 atom stereocenters. The van der Waals surface area contributed by atoms with E-state index in [1.807, 2.05) is 31.2 Å². The number of carbonyl (C=O) groups excluding carboxylic acids is 2. The monoisotopic (exact) mass is 444 g/mol. The fraction of sp³-hybridized carbons (Fsp3) is 0.192. The fourth-order valence-corrected chi connectivity index (χ4v) is 3.95. The summed E-state index contributed by atoms with van der Waals surface area (Å²) in [7, 11) is 3.02. The van der Waals surface area contributed by atoms with Crippen molar-refractivity contribution >= 4 is 23.1 Å². The minimum atomic E-state index is -0.833. The number of Topliss-reactive ketones (excluding diaryl/α,β-unsaturated/α-hetero) is 1. The maximum absolute atomic E-state index is 13.3. The smallest absolute Gasteiger partial charge is 0.300 e. The number of ketones is 1. The van der Waals surface area contributed by atoms with Crippen LogP contribution in [0, 0.1) is 0 Å². The molecule has 0 bridgehead atoms. The van der Waals surface area contributed by atoms with E-state index >= 15 is 0 Å². The Bertz CT molecular complexity index is 1200. The van der Waals surface area contributed by atoms with Crippen molar-refractivity contribution in [3.63, 3.8) is 0 Å². The van der Waals surface area contributed by atoms with Crippen LogP contribution in [0.2, 0.25) is 0 Å². The Kier molecular flexibility index (Phi) is 6.13. The molecular formula is C26H24N2O5. The normalized spacial score (nSPS) is 17.3. The van der Waals surface area contributed by atoms with Crippen LogP contribution in [0.3, 0.4) is 0 Å². The number of hydrogen-bond acceptors (Lipinski definition) is 6. The molecule has 1 aliphatic rings. The number of anilines is 1. The van der Waals surface area contributed by atoms with Crippen LogP contribution in [0.25, 0.3) is 5.76 Å². The zero-order valence-electron chi connectivity index (χ0n) is 18.6. The van der Waals surface area contributed by atoms with Crippen LogP contribution in [0.15, 0.2) is 72.6 Å². The average molecular weight is 444 g/mol. The van der Waals surface area contributed by atoms with Gasteiger partial charge in [0.15, 0.2) is 0 Å². The molecule has 1 aromatic heterocycles. The number of nitrogens with zero attached hydrogens (tertiary/aromatic N) is 2. The van der Waals surface area contributed by atoms with Gasteiger partial charge in [-0.25, -0.2) is 0 Å². The van der Waals surface area contributed by atoms with E-state index in [0.717, 1.165) is 12.0 Å². The summed E-state index contributed by atoms with van der Waals surface area (Å²) in [6, 6.07) is 15.0. The summed E-state index contributed by atoms with van der Waals surface area (Å²) in [5.74, 6) is -0.820. The molecule has 0 aliphatic carbocycles. The van der Waals surface area contributed by atoms with E-state index in [4.69, 9.17) is 9.47 Å². The zero-order chi connectivity index (χ0) is 23.5. The van der Waals surface area contributed by atoms with Crippen LogP contribution in [-0.4, -0.2) is 36.0 Å². The van der Waals surface area contributed by atoms with Crippen molar-refractivity contribution < 1.29 is 24.2 Å². The Morgan fingerprint density at radius 3 is 2.12 bits per heavy atom. The number of ether oxygens (including phenoxy) is 2. The van der Waals surface area contributed by atoms with Gasteiger partial charge in [0, 0.05) is 36.2 Å². The lowest BCUT2D eigenvalue weighted by Gasteiger charge is -2.26. The number of hydrogen-bond donors (Lipinski definition) is 1. The standard InChI is InChI=1S/C26H24N2O5/c1-4-16-5-7-17(8-6-16)23-22(24(29)18-9-11-27-12-10-18)25(30)26(31)28(23)19-13-20(32-2)15-21(14-19)33-3/h5-15,23,29H,4H2,1-3H3/b24-22+. The highest BCUT2D eigenvalue weighted by Gasteiger charge is 2.47. The van der Waals surface area contributed by atoms with Crippen molar-refractivity contribution in [3.8, 4) is 11.5 Å². The maximum atomic E-state index is 13.3. The van der Waals surface area contributed by atoms with Gasteiger partial charge in [-0.05, 0) is 29.7 Å². The minimum absolute atomic E-state index is 0.0113. The van der Waals surface area contributed by atoms with Crippen molar-refractivity contribution in [1.29, 1.82) is 0 Å². The summed E-state index contributed by atoms with van der Waals surface area (Å²) in [4.78, 5) is 31.9. The van der Waals surface area contributed by atoms with Gasteiger partial charge in [-0.3, -0.25) is 19.5 Å². The topological polar surface area (TPSA) is 89.0 Å². The third-order valence-electron chi connectivity index (χ3n) is 5.72. The number of benzene rings is 2. The summed E-state index contributed by atoms with van der Waals surface area (Å²) in [5, 5.41) is 11.1. The molecule has 1 N–H and O–H groups in total. The summed E-state index contributed by atoms with van der Waals surface area (Å²) < 4.78 is 10.7. The number of aryl methyl sites for hydroxylation is 1. The van der Waals surface area contributed by atoms with E-state index in [1.165, 1.54) is 31.5 Å². The average Bonchev–Trinajstić information content (AvgIpc) is 3.14. The summed E-state index contributed by atoms with van der Waals surface area (Å²) in [6.45, 7) is 2.05. The molecule has 7 heteroatoms. The number of amides is 1. The highest BCUT2D eigenvalue weighted by atomic mass is 16.5. The van der Waals surface area contributed by atoms with Gasteiger partial charge >= 0.3 is 0 Å². The van der Waals surface area contributed by atoms with Crippen LogP contribution in [0.4, 0.5) is 5.69 Å². The quantitative estimate of drug-likeness (QED) is 0.347. The van der Waals surface area contributed by atoms with Crippen molar-refractivity contribution in [2.24, 2.45) is 0 Å². The largest absolute Gasteiger partial charge is 0.507 e. The molecule has 1 saturated heterocycles. The Labute approximate surface area is 191 Å². The first-order valence-electron chi connectivity index (χ1n) is 10.5. The molecule has 1 fully saturated rings. The van der Waals surface area contributed by atoms with E-state index in [1.54, 1.807) is 30.3 Å². The molecule has 1 aliphatic heterocycles. The highest BCUT2D eigenvalue weighted by Crippen LogP contribution is 2.43. The van der Waals surface area contributed by atoms with Crippen LogP contribution in [0.5, 0.6) is 11.5 Å². The van der Waals surface area contributed by atoms with E-state index < -0.39 is 17.7 Å². The number of aliphatic hydroxyl groups is 1. The Hall–Kier alpha value is -4.13. The van der Waals surface area contributed by atoms with E-state index in [9.17, 15) is 14.7 Å². The van der Waals surface area contributed by atoms with Crippen molar-refractivity contribution in [1.82, 2.24) is 4.98 Å². The van der Waals surface area contributed by atoms with Gasteiger partial charge in [0.25, 0.3) is 11.7 Å². The molecule has 4 rings (SSSR count). The number of aliphatic hydroxyl groups excluding tert-OH is 1. The molecule has 3 aromatic rings.